The predicted molar refractivity (Wildman–Crippen MR) is 65.9 cm³/mol. The Morgan fingerprint density at radius 3 is 2.83 bits per heavy atom. The Morgan fingerprint density at radius 1 is 1.33 bits per heavy atom. The topological polar surface area (TPSA) is 38.8 Å². The minimum Gasteiger partial charge on any atom is -0.455 e. The normalized spacial score (nSPS) is 57.4. The van der Waals surface area contributed by atoms with Gasteiger partial charge in [0, 0.05) is 11.5 Å². The highest BCUT2D eigenvalue weighted by atomic mass is 16.7. The van der Waals surface area contributed by atoms with Crippen LogP contribution < -0.4 is 0 Å². The molecule has 18 heavy (non-hydrogen) atoms. The maximum Gasteiger partial charge on any atom is 0.334 e. The van der Waals surface area contributed by atoms with E-state index in [2.05, 4.69) is 20.4 Å². The lowest BCUT2D eigenvalue weighted by molar-refractivity contribution is -0.143. The van der Waals surface area contributed by atoms with Gasteiger partial charge in [0.25, 0.3) is 0 Å². The third kappa shape index (κ3) is 1.00. The number of carbonyl (C=O) groups excluding carboxylic acids is 1. The zero-order valence-corrected chi connectivity index (χ0v) is 11.1. The highest BCUT2D eigenvalue weighted by Crippen LogP contribution is 2.70. The first kappa shape index (κ1) is 11.0. The summed E-state index contributed by atoms with van der Waals surface area (Å²) in [6.07, 6.45) is 4.43. The molecule has 0 amide bonds. The lowest BCUT2D eigenvalue weighted by atomic mass is 9.77. The summed E-state index contributed by atoms with van der Waals surface area (Å²) in [5.41, 5.74) is 0.430. The van der Waals surface area contributed by atoms with Crippen molar-refractivity contribution in [3.8, 4) is 0 Å². The SMILES string of the molecule is C=C1C(=O)O[C@@H]2[C@H]1CC[C@H](C)[C@@H]1CC[C@]3(C)O[C@@]213. The molecule has 4 rings (SSSR count). The van der Waals surface area contributed by atoms with Crippen LogP contribution in [-0.4, -0.2) is 23.3 Å². The first-order chi connectivity index (χ1) is 8.49. The monoisotopic (exact) mass is 248 g/mol. The molecule has 3 nitrogen and oxygen atoms in total. The summed E-state index contributed by atoms with van der Waals surface area (Å²) >= 11 is 0. The van der Waals surface area contributed by atoms with Crippen LogP contribution in [0.4, 0.5) is 0 Å². The van der Waals surface area contributed by atoms with Crippen molar-refractivity contribution in [3.63, 3.8) is 0 Å². The van der Waals surface area contributed by atoms with Crippen molar-refractivity contribution >= 4 is 5.97 Å². The van der Waals surface area contributed by atoms with Gasteiger partial charge in [0.05, 0.1) is 5.60 Å². The second kappa shape index (κ2) is 3.01. The van der Waals surface area contributed by atoms with Gasteiger partial charge >= 0.3 is 5.97 Å². The zero-order valence-electron chi connectivity index (χ0n) is 11.1. The van der Waals surface area contributed by atoms with Crippen molar-refractivity contribution < 1.29 is 14.3 Å². The summed E-state index contributed by atoms with van der Waals surface area (Å²) in [4.78, 5) is 11.8. The highest BCUT2D eigenvalue weighted by Gasteiger charge is 2.81. The fraction of sp³-hybridized carbons (Fsp3) is 0.800. The molecule has 2 heterocycles. The second-order valence-corrected chi connectivity index (χ2v) is 6.78. The second-order valence-electron chi connectivity index (χ2n) is 6.78. The van der Waals surface area contributed by atoms with Crippen LogP contribution in [-0.2, 0) is 14.3 Å². The van der Waals surface area contributed by atoms with E-state index in [0.29, 0.717) is 17.4 Å². The molecule has 1 spiro atoms. The smallest absolute Gasteiger partial charge is 0.334 e. The molecule has 3 heteroatoms. The maximum atomic E-state index is 11.8. The van der Waals surface area contributed by atoms with Crippen molar-refractivity contribution in [1.82, 2.24) is 0 Å². The van der Waals surface area contributed by atoms with Gasteiger partial charge < -0.3 is 9.47 Å². The van der Waals surface area contributed by atoms with Crippen LogP contribution in [0.25, 0.3) is 0 Å². The number of ether oxygens (including phenoxy) is 2. The lowest BCUT2D eigenvalue weighted by Gasteiger charge is -2.28. The third-order valence-corrected chi connectivity index (χ3v) is 6.01. The molecule has 2 saturated heterocycles. The van der Waals surface area contributed by atoms with Gasteiger partial charge in [0.1, 0.15) is 11.7 Å². The largest absolute Gasteiger partial charge is 0.455 e. The van der Waals surface area contributed by atoms with E-state index in [-0.39, 0.29) is 29.2 Å². The molecule has 0 radical (unpaired) electrons. The number of esters is 1. The Kier molecular flexibility index (Phi) is 1.84. The summed E-state index contributed by atoms with van der Waals surface area (Å²) in [5, 5.41) is 0. The third-order valence-electron chi connectivity index (χ3n) is 6.01. The quantitative estimate of drug-likeness (QED) is 0.375. The fourth-order valence-electron chi connectivity index (χ4n) is 4.95. The zero-order chi connectivity index (χ0) is 12.7. The van der Waals surface area contributed by atoms with E-state index in [1.807, 2.05) is 0 Å². The lowest BCUT2D eigenvalue weighted by Crippen LogP contribution is -2.42. The van der Waals surface area contributed by atoms with E-state index in [1.54, 1.807) is 0 Å². The molecule has 6 atom stereocenters. The van der Waals surface area contributed by atoms with Gasteiger partial charge in [-0.1, -0.05) is 13.5 Å². The van der Waals surface area contributed by atoms with Gasteiger partial charge in [0.15, 0.2) is 0 Å². The van der Waals surface area contributed by atoms with E-state index in [4.69, 9.17) is 9.47 Å². The van der Waals surface area contributed by atoms with Crippen molar-refractivity contribution in [3.05, 3.63) is 12.2 Å². The molecule has 4 aliphatic rings. The average molecular weight is 248 g/mol. The van der Waals surface area contributed by atoms with Gasteiger partial charge in [-0.15, -0.1) is 0 Å². The van der Waals surface area contributed by atoms with Crippen LogP contribution in [0.2, 0.25) is 0 Å². The van der Waals surface area contributed by atoms with Crippen LogP contribution in [0.1, 0.15) is 39.5 Å². The highest BCUT2D eigenvalue weighted by molar-refractivity contribution is 5.91. The minimum absolute atomic E-state index is 0.0515. The first-order valence-corrected chi connectivity index (χ1v) is 7.09. The Hall–Kier alpha value is -0.830. The molecule has 2 aliphatic heterocycles. The van der Waals surface area contributed by atoms with E-state index in [9.17, 15) is 4.79 Å². The average Bonchev–Trinajstić information content (AvgIpc) is 2.73. The number of rotatable bonds is 0. The summed E-state index contributed by atoms with van der Waals surface area (Å²) in [5.74, 6) is 1.20. The van der Waals surface area contributed by atoms with E-state index in [1.165, 1.54) is 6.42 Å². The molecule has 0 aromatic carbocycles. The van der Waals surface area contributed by atoms with Gasteiger partial charge in [-0.3, -0.25) is 0 Å². The van der Waals surface area contributed by atoms with Crippen LogP contribution >= 0.6 is 0 Å². The molecule has 0 unspecified atom stereocenters. The number of hydrogen-bond donors (Lipinski definition) is 0. The summed E-state index contributed by atoms with van der Waals surface area (Å²) in [6, 6.07) is 0. The predicted octanol–water partition coefficient (Wildman–Crippen LogP) is 2.45. The number of hydrogen-bond acceptors (Lipinski definition) is 3. The summed E-state index contributed by atoms with van der Waals surface area (Å²) in [7, 11) is 0. The molecule has 2 saturated carbocycles. The number of fused-ring (bicyclic) bond motifs is 1. The van der Waals surface area contributed by atoms with E-state index in [0.717, 1.165) is 19.3 Å². The molecular weight excluding hydrogens is 228 g/mol. The minimum atomic E-state index is -0.197. The van der Waals surface area contributed by atoms with Crippen molar-refractivity contribution in [2.24, 2.45) is 17.8 Å². The van der Waals surface area contributed by atoms with Crippen LogP contribution in [0.3, 0.4) is 0 Å². The van der Waals surface area contributed by atoms with Crippen molar-refractivity contribution in [2.45, 2.75) is 56.8 Å². The molecule has 2 aliphatic carbocycles. The molecule has 0 aromatic rings. The van der Waals surface area contributed by atoms with Gasteiger partial charge in [-0.2, -0.15) is 0 Å². The fourth-order valence-corrected chi connectivity index (χ4v) is 4.95. The maximum absolute atomic E-state index is 11.8. The molecule has 0 bridgehead atoms. The Morgan fingerprint density at radius 2 is 2.11 bits per heavy atom. The first-order valence-electron chi connectivity index (χ1n) is 7.09. The molecule has 98 valence electrons. The summed E-state index contributed by atoms with van der Waals surface area (Å²) < 4.78 is 11.8. The number of epoxide rings is 1. The van der Waals surface area contributed by atoms with Gasteiger partial charge in [0.2, 0.25) is 0 Å². The summed E-state index contributed by atoms with van der Waals surface area (Å²) in [6.45, 7) is 8.46. The van der Waals surface area contributed by atoms with Crippen molar-refractivity contribution in [2.75, 3.05) is 0 Å². The Bertz CT molecular complexity index is 457. The molecule has 4 fully saturated rings. The van der Waals surface area contributed by atoms with Gasteiger partial charge in [-0.05, 0) is 44.4 Å². The Labute approximate surface area is 108 Å². The van der Waals surface area contributed by atoms with Gasteiger partial charge in [-0.25, -0.2) is 4.79 Å². The standard InChI is InChI=1S/C15H20O3/c1-8-4-5-10-9(2)13(16)17-12(10)15-11(8)6-7-14(15,3)18-15/h8,10-12H,2,4-7H2,1,3H3/t8-,10-,11-,12+,14-,15+/m0/s1. The van der Waals surface area contributed by atoms with E-state index >= 15 is 0 Å². The molecular formula is C15H20O3. The van der Waals surface area contributed by atoms with Crippen LogP contribution in [0.5, 0.6) is 0 Å². The Balaban J connectivity index is 1.81. The van der Waals surface area contributed by atoms with Crippen LogP contribution in [0.15, 0.2) is 12.2 Å². The van der Waals surface area contributed by atoms with Crippen molar-refractivity contribution in [1.29, 1.82) is 0 Å². The van der Waals surface area contributed by atoms with Crippen LogP contribution in [0, 0.1) is 17.8 Å². The molecule has 0 N–H and O–H groups in total. The van der Waals surface area contributed by atoms with E-state index < -0.39 is 0 Å². The number of carbonyl (C=O) groups is 1. The molecule has 0 aromatic heterocycles.